The molecule has 0 heterocycles. The van der Waals surface area contributed by atoms with E-state index in [1.165, 1.54) is 12.1 Å². The van der Waals surface area contributed by atoms with Crippen LogP contribution in [0.15, 0.2) is 107 Å². The second kappa shape index (κ2) is 10.7. The summed E-state index contributed by atoms with van der Waals surface area (Å²) >= 11 is 11.9. The van der Waals surface area contributed by atoms with Crippen LogP contribution in [0.1, 0.15) is 20.7 Å². The Labute approximate surface area is 205 Å². The van der Waals surface area contributed by atoms with Gasteiger partial charge in [-0.3, -0.25) is 0 Å². The molecule has 4 aromatic carbocycles. The van der Waals surface area contributed by atoms with Gasteiger partial charge in [0.05, 0.1) is 11.1 Å². The number of hydrogen-bond acceptors (Lipinski definition) is 6. The number of azo groups is 1. The Morgan fingerprint density at radius 2 is 0.971 bits per heavy atom. The van der Waals surface area contributed by atoms with Crippen LogP contribution in [-0.4, -0.2) is 11.9 Å². The van der Waals surface area contributed by atoms with Crippen molar-refractivity contribution in [3.63, 3.8) is 0 Å². The third-order valence-electron chi connectivity index (χ3n) is 4.53. The molecule has 0 aliphatic carbocycles. The summed E-state index contributed by atoms with van der Waals surface area (Å²) in [6.45, 7) is 0. The number of halogens is 2. The van der Waals surface area contributed by atoms with E-state index in [1.54, 1.807) is 84.9 Å². The van der Waals surface area contributed by atoms with Crippen molar-refractivity contribution in [2.24, 2.45) is 10.2 Å². The molecule has 0 radical (unpaired) electrons. The van der Waals surface area contributed by atoms with E-state index in [0.717, 1.165) is 0 Å². The lowest BCUT2D eigenvalue weighted by atomic mass is 10.2. The molecule has 0 aliphatic heterocycles. The first-order valence-electron chi connectivity index (χ1n) is 10.0. The van der Waals surface area contributed by atoms with Crippen LogP contribution >= 0.6 is 23.2 Å². The third kappa shape index (κ3) is 5.86. The Morgan fingerprint density at radius 3 is 1.38 bits per heavy atom. The molecule has 0 unspecified atom stereocenters. The van der Waals surface area contributed by atoms with Crippen LogP contribution in [0.2, 0.25) is 10.0 Å². The van der Waals surface area contributed by atoms with Crippen molar-refractivity contribution in [3.8, 4) is 11.5 Å². The summed E-state index contributed by atoms with van der Waals surface area (Å²) < 4.78 is 10.8. The Balaban J connectivity index is 1.57. The van der Waals surface area contributed by atoms with Crippen molar-refractivity contribution >= 4 is 46.5 Å². The summed E-state index contributed by atoms with van der Waals surface area (Å²) in [5, 5.41) is 9.27. The van der Waals surface area contributed by atoms with Gasteiger partial charge in [0.25, 0.3) is 0 Å². The van der Waals surface area contributed by atoms with Crippen molar-refractivity contribution in [3.05, 3.63) is 118 Å². The van der Waals surface area contributed by atoms with Gasteiger partial charge in [0.1, 0.15) is 22.9 Å². The number of ether oxygens (including phenoxy) is 2. The molecule has 0 amide bonds. The van der Waals surface area contributed by atoms with Gasteiger partial charge in [-0.15, -0.1) is 10.2 Å². The quantitative estimate of drug-likeness (QED) is 0.156. The van der Waals surface area contributed by atoms with Gasteiger partial charge in [-0.05, 0) is 60.7 Å². The summed E-state index contributed by atoms with van der Waals surface area (Å²) in [6.07, 6.45) is 0. The average molecular weight is 491 g/mol. The molecule has 0 atom stereocenters. The second-order valence-corrected chi connectivity index (χ2v) is 7.80. The van der Waals surface area contributed by atoms with Crippen LogP contribution < -0.4 is 9.47 Å². The fourth-order valence-electron chi connectivity index (χ4n) is 2.96. The van der Waals surface area contributed by atoms with Crippen LogP contribution in [0.25, 0.3) is 0 Å². The van der Waals surface area contributed by atoms with E-state index in [0.29, 0.717) is 21.5 Å². The van der Waals surface area contributed by atoms with Gasteiger partial charge in [0, 0.05) is 10.0 Å². The minimum absolute atomic E-state index is 0.199. The maximum atomic E-state index is 12.7. The lowest BCUT2D eigenvalue weighted by Gasteiger charge is -2.07. The fraction of sp³-hybridized carbons (Fsp3) is 0. The molecule has 0 saturated heterocycles. The molecule has 0 aliphatic rings. The number of carbonyl (C=O) groups is 2. The highest BCUT2D eigenvalue weighted by molar-refractivity contribution is 6.31. The maximum Gasteiger partial charge on any atom is 0.345 e. The molecule has 4 aromatic rings. The molecule has 4 rings (SSSR count). The van der Waals surface area contributed by atoms with Crippen molar-refractivity contribution in [2.75, 3.05) is 0 Å². The molecule has 0 aromatic heterocycles. The van der Waals surface area contributed by atoms with Gasteiger partial charge in [-0.1, -0.05) is 59.6 Å². The molecule has 168 valence electrons. The molecule has 8 heteroatoms. The molecule has 0 saturated carbocycles. The highest BCUT2D eigenvalue weighted by Crippen LogP contribution is 2.27. The molecule has 0 spiro atoms. The van der Waals surface area contributed by atoms with Crippen LogP contribution in [0, 0.1) is 0 Å². The summed E-state index contributed by atoms with van der Waals surface area (Å²) in [5.74, 6) is -0.632. The van der Waals surface area contributed by atoms with Crippen LogP contribution in [0.5, 0.6) is 11.5 Å². The first-order valence-corrected chi connectivity index (χ1v) is 10.8. The summed E-state index contributed by atoms with van der Waals surface area (Å²) in [5.41, 5.74) is 0.940. The number of nitrogens with zero attached hydrogens (tertiary/aromatic N) is 2. The third-order valence-corrected chi connectivity index (χ3v) is 5.00. The largest absolute Gasteiger partial charge is 0.423 e. The molecule has 34 heavy (non-hydrogen) atoms. The zero-order valence-electron chi connectivity index (χ0n) is 17.5. The summed E-state index contributed by atoms with van der Waals surface area (Å²) in [7, 11) is 0. The predicted octanol–water partition coefficient (Wildman–Crippen LogP) is 7.85. The number of rotatable bonds is 6. The van der Waals surface area contributed by atoms with Gasteiger partial charge in [0.2, 0.25) is 0 Å². The standard InChI is InChI=1S/C26H16Cl2N2O4/c27-17-7-5-9-19(15-17)33-25(31)21-11-1-3-13-23(21)29-30-24-14-4-2-12-22(24)26(32)34-20-10-6-8-18(28)16-20/h1-16H. The fourth-order valence-corrected chi connectivity index (χ4v) is 3.32. The Morgan fingerprint density at radius 1 is 0.559 bits per heavy atom. The minimum Gasteiger partial charge on any atom is -0.423 e. The normalized spacial score (nSPS) is 10.8. The van der Waals surface area contributed by atoms with Gasteiger partial charge >= 0.3 is 11.9 Å². The van der Waals surface area contributed by atoms with Gasteiger partial charge in [-0.25, -0.2) is 9.59 Å². The topological polar surface area (TPSA) is 77.3 Å². The number of benzene rings is 4. The lowest BCUT2D eigenvalue weighted by molar-refractivity contribution is 0.0725. The van der Waals surface area contributed by atoms with E-state index in [4.69, 9.17) is 32.7 Å². The van der Waals surface area contributed by atoms with Gasteiger partial charge in [-0.2, -0.15) is 0 Å². The lowest BCUT2D eigenvalue weighted by Crippen LogP contribution is -2.09. The van der Waals surface area contributed by atoms with Crippen molar-refractivity contribution < 1.29 is 19.1 Å². The highest BCUT2D eigenvalue weighted by Gasteiger charge is 2.16. The van der Waals surface area contributed by atoms with Crippen molar-refractivity contribution in [1.82, 2.24) is 0 Å². The zero-order valence-corrected chi connectivity index (χ0v) is 19.0. The molecular formula is C26H16Cl2N2O4. The monoisotopic (exact) mass is 490 g/mol. The maximum absolute atomic E-state index is 12.7. The van der Waals surface area contributed by atoms with E-state index in [1.807, 2.05) is 0 Å². The van der Waals surface area contributed by atoms with E-state index in [2.05, 4.69) is 10.2 Å². The summed E-state index contributed by atoms with van der Waals surface area (Å²) in [4.78, 5) is 25.4. The second-order valence-electron chi connectivity index (χ2n) is 6.93. The van der Waals surface area contributed by atoms with Gasteiger partial charge in [0.15, 0.2) is 0 Å². The van der Waals surface area contributed by atoms with E-state index in [-0.39, 0.29) is 22.5 Å². The number of esters is 2. The molecule has 0 bridgehead atoms. The van der Waals surface area contributed by atoms with Crippen molar-refractivity contribution in [1.29, 1.82) is 0 Å². The van der Waals surface area contributed by atoms with E-state index >= 15 is 0 Å². The molecular weight excluding hydrogens is 475 g/mol. The van der Waals surface area contributed by atoms with Crippen molar-refractivity contribution in [2.45, 2.75) is 0 Å². The molecule has 6 nitrogen and oxygen atoms in total. The summed E-state index contributed by atoms with van der Waals surface area (Å²) in [6, 6.07) is 26.2. The van der Waals surface area contributed by atoms with Crippen LogP contribution in [-0.2, 0) is 0 Å². The minimum atomic E-state index is -0.620. The van der Waals surface area contributed by atoms with E-state index in [9.17, 15) is 9.59 Å². The van der Waals surface area contributed by atoms with Gasteiger partial charge < -0.3 is 9.47 Å². The molecule has 0 fully saturated rings. The predicted molar refractivity (Wildman–Crippen MR) is 130 cm³/mol. The SMILES string of the molecule is O=C(Oc1cccc(Cl)c1)c1ccccc1N=Nc1ccccc1C(=O)Oc1cccc(Cl)c1. The number of carbonyl (C=O) groups excluding carboxylic acids is 2. The Hall–Kier alpha value is -4.00. The average Bonchev–Trinajstić information content (AvgIpc) is 2.83. The zero-order chi connectivity index (χ0) is 23.9. The van der Waals surface area contributed by atoms with Crippen LogP contribution in [0.3, 0.4) is 0 Å². The number of hydrogen-bond donors (Lipinski definition) is 0. The Bertz CT molecular complexity index is 1280. The van der Waals surface area contributed by atoms with Crippen LogP contribution in [0.4, 0.5) is 11.4 Å². The smallest absolute Gasteiger partial charge is 0.345 e. The molecule has 0 N–H and O–H groups in total. The van der Waals surface area contributed by atoms with E-state index < -0.39 is 11.9 Å². The first-order chi connectivity index (χ1) is 16.5. The Kier molecular flexibility index (Phi) is 7.32. The highest BCUT2D eigenvalue weighted by atomic mass is 35.5. The first kappa shape index (κ1) is 23.2.